The molecule has 1 N–H and O–H groups in total. The van der Waals surface area contributed by atoms with Crippen molar-refractivity contribution in [3.05, 3.63) is 71.8 Å². The zero-order chi connectivity index (χ0) is 24.6. The standard InChI is InChI=1S/C26H33NO6/c1-25(2,3)32-22(28)20(23(29)33-26(4,5)6)21(19-15-11-8-12-16-19)27-24(30)31-17-18-13-9-7-10-14-18/h7-16,20-21H,17H2,1-6H3,(H,27,30). The minimum atomic E-state index is -1.44. The van der Waals surface area contributed by atoms with E-state index in [-0.39, 0.29) is 6.61 Å². The van der Waals surface area contributed by atoms with Crippen molar-refractivity contribution in [3.8, 4) is 0 Å². The molecule has 0 saturated carbocycles. The van der Waals surface area contributed by atoms with E-state index in [1.807, 2.05) is 30.3 Å². The monoisotopic (exact) mass is 455 g/mol. The van der Waals surface area contributed by atoms with E-state index in [4.69, 9.17) is 14.2 Å². The van der Waals surface area contributed by atoms with Gasteiger partial charge in [0.1, 0.15) is 17.8 Å². The van der Waals surface area contributed by atoms with Gasteiger partial charge in [0.25, 0.3) is 0 Å². The SMILES string of the molecule is CC(C)(C)OC(=O)C(C(=O)OC(C)(C)C)C(NC(=O)OCc1ccccc1)c1ccccc1. The highest BCUT2D eigenvalue weighted by atomic mass is 16.6. The third-order valence-electron chi connectivity index (χ3n) is 4.30. The maximum Gasteiger partial charge on any atom is 0.407 e. The zero-order valence-corrected chi connectivity index (χ0v) is 20.1. The predicted molar refractivity (Wildman–Crippen MR) is 124 cm³/mol. The number of carbonyl (C=O) groups excluding carboxylic acids is 3. The van der Waals surface area contributed by atoms with E-state index in [9.17, 15) is 14.4 Å². The average molecular weight is 456 g/mol. The molecule has 1 atom stereocenters. The zero-order valence-electron chi connectivity index (χ0n) is 20.1. The molecule has 178 valence electrons. The third-order valence-corrected chi connectivity index (χ3v) is 4.30. The molecule has 0 aliphatic rings. The number of carbonyl (C=O) groups is 3. The lowest BCUT2D eigenvalue weighted by Gasteiger charge is -2.30. The Morgan fingerprint density at radius 3 is 1.67 bits per heavy atom. The molecule has 0 aromatic heterocycles. The van der Waals surface area contributed by atoms with Crippen LogP contribution in [0.2, 0.25) is 0 Å². The van der Waals surface area contributed by atoms with Gasteiger partial charge in [-0.3, -0.25) is 9.59 Å². The Bertz CT molecular complexity index is 901. The normalized spacial score (nSPS) is 12.6. The molecule has 0 radical (unpaired) electrons. The number of nitrogens with one attached hydrogen (secondary N) is 1. The van der Waals surface area contributed by atoms with Crippen molar-refractivity contribution < 1.29 is 28.6 Å². The third kappa shape index (κ3) is 8.96. The molecule has 2 aromatic carbocycles. The summed E-state index contributed by atoms with van der Waals surface area (Å²) in [5.74, 6) is -3.03. The summed E-state index contributed by atoms with van der Waals surface area (Å²) in [6.07, 6.45) is -0.773. The van der Waals surface area contributed by atoms with Crippen LogP contribution in [0.25, 0.3) is 0 Å². The van der Waals surface area contributed by atoms with Gasteiger partial charge in [-0.05, 0) is 52.7 Å². The molecule has 0 aliphatic heterocycles. The Kier molecular flexibility index (Phi) is 8.63. The topological polar surface area (TPSA) is 90.9 Å². The summed E-state index contributed by atoms with van der Waals surface area (Å²) in [6.45, 7) is 10.3. The molecule has 33 heavy (non-hydrogen) atoms. The van der Waals surface area contributed by atoms with E-state index in [1.54, 1.807) is 71.9 Å². The van der Waals surface area contributed by atoms with E-state index in [2.05, 4.69) is 5.32 Å². The van der Waals surface area contributed by atoms with Crippen molar-refractivity contribution in [2.45, 2.75) is 65.4 Å². The lowest BCUT2D eigenvalue weighted by Crippen LogP contribution is -2.45. The summed E-state index contributed by atoms with van der Waals surface area (Å²) >= 11 is 0. The van der Waals surface area contributed by atoms with Crippen molar-refractivity contribution in [1.29, 1.82) is 0 Å². The van der Waals surface area contributed by atoms with Crippen molar-refractivity contribution >= 4 is 18.0 Å². The van der Waals surface area contributed by atoms with Crippen LogP contribution in [-0.2, 0) is 30.4 Å². The van der Waals surface area contributed by atoms with Gasteiger partial charge >= 0.3 is 18.0 Å². The Morgan fingerprint density at radius 1 is 0.758 bits per heavy atom. The van der Waals surface area contributed by atoms with Gasteiger partial charge < -0.3 is 19.5 Å². The van der Waals surface area contributed by atoms with Crippen LogP contribution in [0.4, 0.5) is 4.79 Å². The Labute approximate surface area is 195 Å². The Balaban J connectivity index is 2.35. The van der Waals surface area contributed by atoms with Crippen LogP contribution < -0.4 is 5.32 Å². The van der Waals surface area contributed by atoms with E-state index in [1.165, 1.54) is 0 Å². The van der Waals surface area contributed by atoms with Crippen molar-refractivity contribution in [3.63, 3.8) is 0 Å². The first-order chi connectivity index (χ1) is 15.4. The molecule has 0 spiro atoms. The molecule has 7 heteroatoms. The van der Waals surface area contributed by atoms with E-state index < -0.39 is 41.2 Å². The fourth-order valence-electron chi connectivity index (χ4n) is 3.01. The van der Waals surface area contributed by atoms with Gasteiger partial charge in [0.2, 0.25) is 0 Å². The Hall–Kier alpha value is -3.35. The summed E-state index contributed by atoms with van der Waals surface area (Å²) in [7, 11) is 0. The molecule has 1 unspecified atom stereocenters. The van der Waals surface area contributed by atoms with Gasteiger partial charge in [-0.2, -0.15) is 0 Å². The lowest BCUT2D eigenvalue weighted by atomic mass is 9.92. The summed E-state index contributed by atoms with van der Waals surface area (Å²) in [6, 6.07) is 16.9. The minimum Gasteiger partial charge on any atom is -0.459 e. The molecule has 7 nitrogen and oxygen atoms in total. The van der Waals surface area contributed by atoms with Gasteiger partial charge in [-0.1, -0.05) is 60.7 Å². The first kappa shape index (κ1) is 25.9. The van der Waals surface area contributed by atoms with Crippen LogP contribution in [0.5, 0.6) is 0 Å². The molecule has 0 saturated heterocycles. The smallest absolute Gasteiger partial charge is 0.407 e. The second-order valence-corrected chi connectivity index (χ2v) is 9.64. The molecule has 0 aliphatic carbocycles. The average Bonchev–Trinajstić information content (AvgIpc) is 2.70. The van der Waals surface area contributed by atoms with Gasteiger partial charge in [0.15, 0.2) is 5.92 Å². The van der Waals surface area contributed by atoms with Crippen LogP contribution in [0.3, 0.4) is 0 Å². The maximum absolute atomic E-state index is 13.1. The maximum atomic E-state index is 13.1. The predicted octanol–water partition coefficient (Wildman–Crippen LogP) is 4.95. The highest BCUT2D eigenvalue weighted by molar-refractivity contribution is 5.96. The van der Waals surface area contributed by atoms with Crippen LogP contribution >= 0.6 is 0 Å². The summed E-state index contributed by atoms with van der Waals surface area (Å²) in [5, 5.41) is 2.67. The van der Waals surface area contributed by atoms with Crippen molar-refractivity contribution in [2.24, 2.45) is 5.92 Å². The van der Waals surface area contributed by atoms with Gasteiger partial charge in [0, 0.05) is 0 Å². The van der Waals surface area contributed by atoms with Crippen molar-refractivity contribution in [2.75, 3.05) is 0 Å². The Morgan fingerprint density at radius 2 is 1.21 bits per heavy atom. The van der Waals surface area contributed by atoms with E-state index in [0.29, 0.717) is 5.56 Å². The van der Waals surface area contributed by atoms with Gasteiger partial charge in [-0.15, -0.1) is 0 Å². The first-order valence-electron chi connectivity index (χ1n) is 10.8. The summed E-state index contributed by atoms with van der Waals surface area (Å²) in [4.78, 5) is 39.0. The summed E-state index contributed by atoms with van der Waals surface area (Å²) in [5.41, 5.74) is -0.339. The molecular weight excluding hydrogens is 422 g/mol. The highest BCUT2D eigenvalue weighted by Gasteiger charge is 2.42. The number of hydrogen-bond donors (Lipinski definition) is 1. The van der Waals surface area contributed by atoms with Crippen LogP contribution in [-0.4, -0.2) is 29.2 Å². The number of hydrogen-bond acceptors (Lipinski definition) is 6. The second kappa shape index (κ2) is 11.0. The van der Waals surface area contributed by atoms with E-state index in [0.717, 1.165) is 5.56 Å². The van der Waals surface area contributed by atoms with Crippen LogP contribution in [0, 0.1) is 5.92 Å². The molecule has 0 bridgehead atoms. The molecule has 2 aromatic rings. The molecule has 0 heterocycles. The fraction of sp³-hybridized carbons (Fsp3) is 0.423. The molecule has 1 amide bonds. The number of benzene rings is 2. The lowest BCUT2D eigenvalue weighted by molar-refractivity contribution is -0.176. The molecular formula is C26H33NO6. The van der Waals surface area contributed by atoms with Crippen LogP contribution in [0.1, 0.15) is 58.7 Å². The summed E-state index contributed by atoms with van der Waals surface area (Å²) < 4.78 is 16.4. The fourth-order valence-corrected chi connectivity index (χ4v) is 3.01. The number of rotatable bonds is 7. The number of alkyl carbamates (subject to hydrolysis) is 1. The highest BCUT2D eigenvalue weighted by Crippen LogP contribution is 2.28. The number of esters is 2. The molecule has 0 fully saturated rings. The number of amides is 1. The first-order valence-corrected chi connectivity index (χ1v) is 10.8. The quantitative estimate of drug-likeness (QED) is 0.361. The largest absolute Gasteiger partial charge is 0.459 e. The van der Waals surface area contributed by atoms with Gasteiger partial charge in [-0.25, -0.2) is 4.79 Å². The van der Waals surface area contributed by atoms with Crippen LogP contribution in [0.15, 0.2) is 60.7 Å². The molecule has 2 rings (SSSR count). The second-order valence-electron chi connectivity index (χ2n) is 9.64. The van der Waals surface area contributed by atoms with Gasteiger partial charge in [0.05, 0.1) is 6.04 Å². The number of ether oxygens (including phenoxy) is 3. The van der Waals surface area contributed by atoms with E-state index >= 15 is 0 Å². The minimum absolute atomic E-state index is 0.0394. The van der Waals surface area contributed by atoms with Crippen molar-refractivity contribution in [1.82, 2.24) is 5.32 Å².